The van der Waals surface area contributed by atoms with E-state index >= 15 is 0 Å². The van der Waals surface area contributed by atoms with Crippen molar-refractivity contribution in [2.45, 2.75) is 38.5 Å². The van der Waals surface area contributed by atoms with Crippen LogP contribution in [0.3, 0.4) is 0 Å². The number of hydrogen-bond acceptors (Lipinski definition) is 4. The predicted molar refractivity (Wildman–Crippen MR) is 77.6 cm³/mol. The first kappa shape index (κ1) is 16.3. The van der Waals surface area contributed by atoms with Gasteiger partial charge in [0.15, 0.2) is 0 Å². The van der Waals surface area contributed by atoms with Crippen molar-refractivity contribution in [3.05, 3.63) is 35.4 Å². The van der Waals surface area contributed by atoms with Crippen molar-refractivity contribution < 1.29 is 13.5 Å². The molecule has 1 aliphatic rings. The molecular weight excluding hydrogens is 276 g/mol. The quantitative estimate of drug-likeness (QED) is 0.638. The fourth-order valence-electron chi connectivity index (χ4n) is 2.64. The van der Waals surface area contributed by atoms with Crippen molar-refractivity contribution in [3.63, 3.8) is 0 Å². The van der Waals surface area contributed by atoms with Gasteiger partial charge < -0.3 is 4.74 Å². The molecule has 1 heterocycles. The normalized spacial score (nSPS) is 21.7. The lowest BCUT2D eigenvalue weighted by Gasteiger charge is -2.38. The van der Waals surface area contributed by atoms with E-state index in [-0.39, 0.29) is 18.6 Å². The van der Waals surface area contributed by atoms with Crippen LogP contribution in [-0.2, 0) is 11.2 Å². The number of rotatable bonds is 5. The summed E-state index contributed by atoms with van der Waals surface area (Å²) in [6.45, 7) is 6.47. The Balaban J connectivity index is 2.07. The van der Waals surface area contributed by atoms with Gasteiger partial charge in [-0.25, -0.2) is 8.78 Å². The van der Waals surface area contributed by atoms with Gasteiger partial charge in [-0.3, -0.25) is 16.2 Å². The maximum absolute atomic E-state index is 13.8. The van der Waals surface area contributed by atoms with E-state index in [1.54, 1.807) is 0 Å². The molecule has 0 radical (unpaired) electrons. The van der Waals surface area contributed by atoms with E-state index in [4.69, 9.17) is 10.6 Å². The molecule has 0 amide bonds. The van der Waals surface area contributed by atoms with Gasteiger partial charge in [0.05, 0.1) is 18.8 Å². The summed E-state index contributed by atoms with van der Waals surface area (Å²) >= 11 is 0. The molecule has 0 aromatic heterocycles. The summed E-state index contributed by atoms with van der Waals surface area (Å²) in [4.78, 5) is 2.29. The number of nitrogens with one attached hydrogen (secondary N) is 1. The van der Waals surface area contributed by atoms with Crippen LogP contribution in [0.25, 0.3) is 0 Å². The summed E-state index contributed by atoms with van der Waals surface area (Å²) in [6, 6.07) is 3.62. The van der Waals surface area contributed by atoms with E-state index in [1.165, 1.54) is 6.07 Å². The van der Waals surface area contributed by atoms with E-state index in [9.17, 15) is 8.78 Å². The van der Waals surface area contributed by atoms with Gasteiger partial charge in [0.25, 0.3) is 0 Å². The smallest absolute Gasteiger partial charge is 0.126 e. The molecule has 0 spiro atoms. The Labute approximate surface area is 124 Å². The average molecular weight is 299 g/mol. The summed E-state index contributed by atoms with van der Waals surface area (Å²) in [5, 5.41) is 0. The highest BCUT2D eigenvalue weighted by molar-refractivity contribution is 5.20. The van der Waals surface area contributed by atoms with E-state index in [1.807, 2.05) is 0 Å². The summed E-state index contributed by atoms with van der Waals surface area (Å²) in [6.07, 6.45) is 0.144. The van der Waals surface area contributed by atoms with Crippen molar-refractivity contribution in [2.75, 3.05) is 19.7 Å². The molecule has 6 heteroatoms. The van der Waals surface area contributed by atoms with Crippen molar-refractivity contribution in [1.29, 1.82) is 0 Å². The molecule has 2 rings (SSSR count). The molecule has 4 nitrogen and oxygen atoms in total. The van der Waals surface area contributed by atoms with Gasteiger partial charge in [0.1, 0.15) is 11.6 Å². The van der Waals surface area contributed by atoms with Crippen molar-refractivity contribution in [1.82, 2.24) is 10.3 Å². The zero-order chi connectivity index (χ0) is 15.4. The standard InChI is InChI=1S/C15H23F2N3O/c1-10(2)20-5-6-21-15(9-20)14(19-18)8-11-7-12(16)3-4-13(11)17/h3-4,7,10,14-15,19H,5-6,8-9,18H2,1-2H3. The van der Waals surface area contributed by atoms with Crippen LogP contribution in [0.5, 0.6) is 0 Å². The first-order valence-electron chi connectivity index (χ1n) is 7.27. The third-order valence-electron chi connectivity index (χ3n) is 3.97. The second-order valence-corrected chi connectivity index (χ2v) is 5.71. The lowest BCUT2D eigenvalue weighted by Crippen LogP contribution is -2.56. The second-order valence-electron chi connectivity index (χ2n) is 5.71. The number of ether oxygens (including phenoxy) is 1. The van der Waals surface area contributed by atoms with Crippen LogP contribution in [0.2, 0.25) is 0 Å². The van der Waals surface area contributed by atoms with E-state index in [2.05, 4.69) is 24.2 Å². The molecule has 1 aromatic carbocycles. The first-order valence-corrected chi connectivity index (χ1v) is 7.27. The van der Waals surface area contributed by atoms with Crippen LogP contribution in [0, 0.1) is 11.6 Å². The molecule has 0 bridgehead atoms. The molecule has 0 aliphatic carbocycles. The molecule has 2 atom stereocenters. The number of halogens is 2. The highest BCUT2D eigenvalue weighted by Crippen LogP contribution is 2.17. The van der Waals surface area contributed by atoms with Gasteiger partial charge in [0.2, 0.25) is 0 Å². The minimum Gasteiger partial charge on any atom is -0.374 e. The SMILES string of the molecule is CC(C)N1CCOC(C(Cc2cc(F)ccc2F)NN)C1. The molecule has 3 N–H and O–H groups in total. The van der Waals surface area contributed by atoms with Gasteiger partial charge in [-0.05, 0) is 44.0 Å². The molecule has 2 unspecified atom stereocenters. The first-order chi connectivity index (χ1) is 10.0. The maximum Gasteiger partial charge on any atom is 0.126 e. The van der Waals surface area contributed by atoms with Crippen LogP contribution in [0.4, 0.5) is 8.78 Å². The fourth-order valence-corrected chi connectivity index (χ4v) is 2.64. The van der Waals surface area contributed by atoms with Crippen LogP contribution in [0.15, 0.2) is 18.2 Å². The lowest BCUT2D eigenvalue weighted by atomic mass is 9.99. The Bertz CT molecular complexity index is 470. The Hall–Kier alpha value is -1.08. The van der Waals surface area contributed by atoms with Crippen LogP contribution < -0.4 is 11.3 Å². The number of hydrazine groups is 1. The molecule has 1 aromatic rings. The average Bonchev–Trinajstić information content (AvgIpc) is 2.48. The number of morpholine rings is 1. The molecule has 1 aliphatic heterocycles. The summed E-state index contributed by atoms with van der Waals surface area (Å²) in [7, 11) is 0. The predicted octanol–water partition coefficient (Wildman–Crippen LogP) is 1.45. The van der Waals surface area contributed by atoms with Crippen molar-refractivity contribution in [3.8, 4) is 0 Å². The van der Waals surface area contributed by atoms with Crippen molar-refractivity contribution in [2.24, 2.45) is 5.84 Å². The number of hydrogen-bond donors (Lipinski definition) is 2. The van der Waals surface area contributed by atoms with Crippen LogP contribution in [0.1, 0.15) is 19.4 Å². The summed E-state index contributed by atoms with van der Waals surface area (Å²) in [5.41, 5.74) is 2.99. The maximum atomic E-state index is 13.8. The van der Waals surface area contributed by atoms with Gasteiger partial charge in [-0.1, -0.05) is 0 Å². The zero-order valence-corrected chi connectivity index (χ0v) is 12.5. The van der Waals surface area contributed by atoms with Crippen LogP contribution >= 0.6 is 0 Å². The van der Waals surface area contributed by atoms with Gasteiger partial charge in [-0.15, -0.1) is 0 Å². The Kier molecular flexibility index (Phi) is 5.64. The Morgan fingerprint density at radius 1 is 1.43 bits per heavy atom. The van der Waals surface area contributed by atoms with Crippen molar-refractivity contribution >= 4 is 0 Å². The lowest BCUT2D eigenvalue weighted by molar-refractivity contribution is -0.0553. The third kappa shape index (κ3) is 4.20. The molecule has 1 saturated heterocycles. The fraction of sp³-hybridized carbons (Fsp3) is 0.600. The number of nitrogens with zero attached hydrogens (tertiary/aromatic N) is 1. The molecule has 0 saturated carbocycles. The zero-order valence-electron chi connectivity index (χ0n) is 12.5. The van der Waals surface area contributed by atoms with E-state index < -0.39 is 11.6 Å². The number of benzene rings is 1. The van der Waals surface area contributed by atoms with Gasteiger partial charge in [0, 0.05) is 19.1 Å². The molecule has 21 heavy (non-hydrogen) atoms. The second kappa shape index (κ2) is 7.26. The Morgan fingerprint density at radius 3 is 2.86 bits per heavy atom. The Morgan fingerprint density at radius 2 is 2.19 bits per heavy atom. The monoisotopic (exact) mass is 299 g/mol. The largest absolute Gasteiger partial charge is 0.374 e. The highest BCUT2D eigenvalue weighted by Gasteiger charge is 2.29. The molecule has 118 valence electrons. The van der Waals surface area contributed by atoms with Crippen LogP contribution in [-0.4, -0.2) is 42.8 Å². The topological polar surface area (TPSA) is 50.5 Å². The summed E-state index contributed by atoms with van der Waals surface area (Å²) in [5.74, 6) is 4.72. The van der Waals surface area contributed by atoms with E-state index in [0.29, 0.717) is 18.2 Å². The van der Waals surface area contributed by atoms with E-state index in [0.717, 1.165) is 25.2 Å². The third-order valence-corrected chi connectivity index (χ3v) is 3.97. The molecular formula is C15H23F2N3O. The van der Waals surface area contributed by atoms with Gasteiger partial charge in [-0.2, -0.15) is 0 Å². The van der Waals surface area contributed by atoms with Gasteiger partial charge >= 0.3 is 0 Å². The highest BCUT2D eigenvalue weighted by atomic mass is 19.1. The molecule has 1 fully saturated rings. The number of nitrogens with two attached hydrogens (primary N) is 1. The minimum absolute atomic E-state index is 0.145. The summed E-state index contributed by atoms with van der Waals surface area (Å²) < 4.78 is 32.8. The minimum atomic E-state index is -0.449.